The van der Waals surface area contributed by atoms with Gasteiger partial charge in [0, 0.05) is 24.9 Å². The smallest absolute Gasteiger partial charge is 0.270 e. The van der Waals surface area contributed by atoms with Crippen LogP contribution in [0, 0.1) is 0 Å². The average Bonchev–Trinajstić information content (AvgIpc) is 3.11. The maximum atomic E-state index is 12.2. The number of nitrogens with one attached hydrogen (secondary N) is 1. The van der Waals surface area contributed by atoms with E-state index in [0.717, 1.165) is 37.4 Å². The summed E-state index contributed by atoms with van der Waals surface area (Å²) in [5.41, 5.74) is 2.62. The van der Waals surface area contributed by atoms with Crippen molar-refractivity contribution in [2.24, 2.45) is 5.10 Å². The largest absolute Gasteiger partial charge is 0.339 e. The van der Waals surface area contributed by atoms with Crippen LogP contribution in [0.1, 0.15) is 55.7 Å². The number of amides is 2. The lowest BCUT2D eigenvalue weighted by atomic mass is 9.96. The zero-order valence-corrected chi connectivity index (χ0v) is 12.1. The summed E-state index contributed by atoms with van der Waals surface area (Å²) in [5, 5.41) is 7.88. The molecule has 0 aromatic carbocycles. The Kier molecular flexibility index (Phi) is 3.16. The van der Waals surface area contributed by atoms with Gasteiger partial charge in [-0.15, -0.1) is 0 Å². The van der Waals surface area contributed by atoms with Crippen LogP contribution in [0.15, 0.2) is 9.62 Å². The molecule has 0 unspecified atom stereocenters. The molecule has 1 saturated carbocycles. The van der Waals surface area contributed by atoms with Gasteiger partial charge in [-0.3, -0.25) is 9.59 Å². The fourth-order valence-electron chi connectivity index (χ4n) is 2.92. The van der Waals surface area contributed by atoms with E-state index < -0.39 is 0 Å². The Morgan fingerprint density at radius 3 is 2.59 bits per heavy atom. The molecule has 1 N–H and O–H groups in total. The number of hydrogen-bond donors (Lipinski definition) is 1. The van der Waals surface area contributed by atoms with Gasteiger partial charge in [0.2, 0.25) is 11.8 Å². The molecule has 2 fully saturated rings. The number of aromatic nitrogens is 2. The van der Waals surface area contributed by atoms with Crippen molar-refractivity contribution < 1.29 is 14.1 Å². The maximum absolute atomic E-state index is 12.2. The second-order valence-electron chi connectivity index (χ2n) is 6.10. The summed E-state index contributed by atoms with van der Waals surface area (Å²) < 4.78 is 5.30. The molecule has 2 aliphatic heterocycles. The number of hydrazone groups is 1. The Bertz CT molecular complexity index is 641. The van der Waals surface area contributed by atoms with E-state index in [4.69, 9.17) is 4.52 Å². The van der Waals surface area contributed by atoms with E-state index in [9.17, 15) is 9.59 Å². The van der Waals surface area contributed by atoms with Crippen LogP contribution in [0.5, 0.6) is 0 Å². The Morgan fingerprint density at radius 2 is 1.95 bits per heavy atom. The lowest BCUT2D eigenvalue weighted by Crippen LogP contribution is -2.41. The van der Waals surface area contributed by atoms with Gasteiger partial charge in [0.05, 0.1) is 6.42 Å². The van der Waals surface area contributed by atoms with Crippen LogP contribution in [0.25, 0.3) is 0 Å². The highest BCUT2D eigenvalue weighted by molar-refractivity contribution is 6.43. The van der Waals surface area contributed by atoms with E-state index in [1.54, 1.807) is 4.90 Å². The van der Waals surface area contributed by atoms with Gasteiger partial charge in [-0.25, -0.2) is 5.43 Å². The van der Waals surface area contributed by atoms with Gasteiger partial charge in [-0.1, -0.05) is 5.16 Å². The average molecular weight is 303 g/mol. The topological polar surface area (TPSA) is 101 Å². The lowest BCUT2D eigenvalue weighted by molar-refractivity contribution is -0.125. The fraction of sp³-hybridized carbons (Fsp3) is 0.643. The molecule has 22 heavy (non-hydrogen) atoms. The Morgan fingerprint density at radius 1 is 1.18 bits per heavy atom. The lowest BCUT2D eigenvalue weighted by Gasteiger charge is -2.30. The summed E-state index contributed by atoms with van der Waals surface area (Å²) in [6.45, 7) is 1.26. The summed E-state index contributed by atoms with van der Waals surface area (Å²) in [6.07, 6.45) is 3.98. The summed E-state index contributed by atoms with van der Waals surface area (Å²) >= 11 is 0. The summed E-state index contributed by atoms with van der Waals surface area (Å²) in [5.74, 6) is 1.86. The summed E-state index contributed by atoms with van der Waals surface area (Å²) in [4.78, 5) is 29.6. The second-order valence-corrected chi connectivity index (χ2v) is 6.10. The minimum Gasteiger partial charge on any atom is -0.339 e. The van der Waals surface area contributed by atoms with Crippen molar-refractivity contribution in [3.8, 4) is 0 Å². The molecule has 4 rings (SSSR count). The minimum atomic E-state index is -0.224. The third kappa shape index (κ3) is 2.49. The predicted molar refractivity (Wildman–Crippen MR) is 75.0 cm³/mol. The standard InChI is InChI=1S/C14H17N5O3/c20-11-7-10(16-17-11)14(21)19-5-3-8(4-6-19)12-15-13(22-18-12)9-1-2-9/h8-9H,1-7H2,(H,17,20). The van der Waals surface area contributed by atoms with E-state index in [1.165, 1.54) is 0 Å². The minimum absolute atomic E-state index is 0.0777. The SMILES string of the molecule is O=C1CC(C(=O)N2CCC(c3noc(C4CC4)n3)CC2)=NN1. The number of likely N-dealkylation sites (tertiary alicyclic amines) is 1. The molecule has 1 aromatic rings. The first-order valence-electron chi connectivity index (χ1n) is 7.69. The van der Waals surface area contributed by atoms with Crippen molar-refractivity contribution >= 4 is 17.5 Å². The Hall–Kier alpha value is -2.25. The molecule has 2 amide bonds. The van der Waals surface area contributed by atoms with Gasteiger partial charge in [0.15, 0.2) is 5.82 Å². The molecule has 0 bridgehead atoms. The monoisotopic (exact) mass is 303 g/mol. The molecule has 0 atom stereocenters. The highest BCUT2D eigenvalue weighted by Crippen LogP contribution is 2.39. The highest BCUT2D eigenvalue weighted by atomic mass is 16.5. The van der Waals surface area contributed by atoms with Gasteiger partial charge in [-0.2, -0.15) is 10.1 Å². The highest BCUT2D eigenvalue weighted by Gasteiger charge is 2.33. The molecule has 3 aliphatic rings. The zero-order valence-electron chi connectivity index (χ0n) is 12.1. The van der Waals surface area contributed by atoms with Crippen LogP contribution < -0.4 is 5.43 Å². The van der Waals surface area contributed by atoms with Gasteiger partial charge in [0.1, 0.15) is 5.71 Å². The molecular weight excluding hydrogens is 286 g/mol. The first-order chi connectivity index (χ1) is 10.7. The van der Waals surface area contributed by atoms with Crippen LogP contribution >= 0.6 is 0 Å². The maximum Gasteiger partial charge on any atom is 0.270 e. The van der Waals surface area contributed by atoms with E-state index in [-0.39, 0.29) is 24.2 Å². The van der Waals surface area contributed by atoms with Crippen LogP contribution in [0.3, 0.4) is 0 Å². The molecule has 0 radical (unpaired) electrons. The Labute approximate surface area is 126 Å². The van der Waals surface area contributed by atoms with Crippen LogP contribution in [0.4, 0.5) is 0 Å². The van der Waals surface area contributed by atoms with Crippen LogP contribution in [-0.4, -0.2) is 45.7 Å². The third-order valence-corrected chi connectivity index (χ3v) is 4.42. The van der Waals surface area contributed by atoms with Crippen molar-refractivity contribution in [1.29, 1.82) is 0 Å². The molecule has 1 aromatic heterocycles. The van der Waals surface area contributed by atoms with Crippen molar-refractivity contribution in [1.82, 2.24) is 20.5 Å². The van der Waals surface area contributed by atoms with Crippen LogP contribution in [-0.2, 0) is 9.59 Å². The van der Waals surface area contributed by atoms with Crippen molar-refractivity contribution in [3.05, 3.63) is 11.7 Å². The van der Waals surface area contributed by atoms with E-state index in [0.29, 0.717) is 24.7 Å². The van der Waals surface area contributed by atoms with Gasteiger partial charge in [-0.05, 0) is 25.7 Å². The van der Waals surface area contributed by atoms with E-state index in [2.05, 4.69) is 20.7 Å². The molecule has 8 nitrogen and oxygen atoms in total. The molecule has 3 heterocycles. The number of piperidine rings is 1. The number of nitrogens with zero attached hydrogens (tertiary/aromatic N) is 4. The fourth-order valence-corrected chi connectivity index (χ4v) is 2.92. The summed E-state index contributed by atoms with van der Waals surface area (Å²) in [7, 11) is 0. The zero-order chi connectivity index (χ0) is 15.1. The van der Waals surface area contributed by atoms with E-state index in [1.807, 2.05) is 0 Å². The normalized spacial score (nSPS) is 22.6. The molecular formula is C14H17N5O3. The van der Waals surface area contributed by atoms with E-state index >= 15 is 0 Å². The van der Waals surface area contributed by atoms with Crippen molar-refractivity contribution in [2.45, 2.75) is 43.9 Å². The van der Waals surface area contributed by atoms with Gasteiger partial charge in [0.25, 0.3) is 5.91 Å². The number of carbonyl (C=O) groups excluding carboxylic acids is 2. The number of rotatable bonds is 3. The third-order valence-electron chi connectivity index (χ3n) is 4.42. The first kappa shape index (κ1) is 13.4. The summed E-state index contributed by atoms with van der Waals surface area (Å²) in [6, 6.07) is 0. The number of hydrogen-bond acceptors (Lipinski definition) is 6. The van der Waals surface area contributed by atoms with Crippen LogP contribution in [0.2, 0.25) is 0 Å². The van der Waals surface area contributed by atoms with Crippen molar-refractivity contribution in [3.63, 3.8) is 0 Å². The Balaban J connectivity index is 1.35. The molecule has 0 spiro atoms. The second kappa shape index (κ2) is 5.19. The predicted octanol–water partition coefficient (Wildman–Crippen LogP) is 0.529. The van der Waals surface area contributed by atoms with Gasteiger partial charge < -0.3 is 9.42 Å². The number of carbonyl (C=O) groups is 2. The molecule has 8 heteroatoms. The molecule has 1 saturated heterocycles. The van der Waals surface area contributed by atoms with Gasteiger partial charge >= 0.3 is 0 Å². The molecule has 1 aliphatic carbocycles. The molecule has 116 valence electrons. The first-order valence-corrected chi connectivity index (χ1v) is 7.69. The van der Waals surface area contributed by atoms with Crippen molar-refractivity contribution in [2.75, 3.05) is 13.1 Å². The quantitative estimate of drug-likeness (QED) is 0.877.